The molecular weight excluding hydrogens is 392 g/mol. The van der Waals surface area contributed by atoms with Crippen LogP contribution in [0.5, 0.6) is 5.75 Å². The van der Waals surface area contributed by atoms with Crippen molar-refractivity contribution in [2.24, 2.45) is 0 Å². The van der Waals surface area contributed by atoms with Crippen LogP contribution in [0.4, 0.5) is 5.69 Å². The van der Waals surface area contributed by atoms with Crippen LogP contribution in [-0.2, 0) is 4.79 Å². The Bertz CT molecular complexity index is 629. The lowest BCUT2D eigenvalue weighted by Gasteiger charge is -2.11. The van der Waals surface area contributed by atoms with E-state index in [1.165, 1.54) is 57.8 Å². The van der Waals surface area contributed by atoms with Crippen molar-refractivity contribution in [3.63, 3.8) is 0 Å². The van der Waals surface area contributed by atoms with Crippen LogP contribution in [-0.4, -0.2) is 17.6 Å². The Morgan fingerprint density at radius 2 is 1.47 bits per heavy atom. The van der Waals surface area contributed by atoms with Crippen LogP contribution in [0.15, 0.2) is 36.4 Å². The molecule has 0 aliphatic heterocycles. The summed E-state index contributed by atoms with van der Waals surface area (Å²) in [6, 6.07) is 7.47. The van der Waals surface area contributed by atoms with Crippen molar-refractivity contribution in [3.8, 4) is 5.75 Å². The minimum atomic E-state index is -0.0233. The fraction of sp³-hybridized carbons (Fsp3) is 0.600. The highest BCUT2D eigenvalue weighted by Crippen LogP contribution is 2.16. The van der Waals surface area contributed by atoms with Gasteiger partial charge in [-0.1, -0.05) is 77.7 Å². The van der Waals surface area contributed by atoms with Crippen molar-refractivity contribution >= 4 is 28.9 Å². The van der Waals surface area contributed by atoms with E-state index in [4.69, 9.17) is 17.0 Å². The summed E-state index contributed by atoms with van der Waals surface area (Å²) in [6.07, 6.45) is 14.5. The zero-order chi connectivity index (χ0) is 22.0. The molecule has 1 rings (SSSR count). The number of benzene rings is 1. The summed E-state index contributed by atoms with van der Waals surface area (Å²) in [5, 5.41) is 6.12. The molecule has 0 spiro atoms. The Balaban J connectivity index is 2.06. The van der Waals surface area contributed by atoms with Crippen LogP contribution < -0.4 is 15.4 Å². The molecule has 30 heavy (non-hydrogen) atoms. The first-order valence-electron chi connectivity index (χ1n) is 11.5. The molecule has 4 nitrogen and oxygen atoms in total. The van der Waals surface area contributed by atoms with Crippen LogP contribution in [0.2, 0.25) is 0 Å². The summed E-state index contributed by atoms with van der Waals surface area (Å²) in [5.41, 5.74) is 1.79. The number of hydrogen-bond donors (Lipinski definition) is 2. The monoisotopic (exact) mass is 432 g/mol. The number of hydrogen-bond acceptors (Lipinski definition) is 3. The van der Waals surface area contributed by atoms with Crippen molar-refractivity contribution in [1.82, 2.24) is 5.32 Å². The summed E-state index contributed by atoms with van der Waals surface area (Å²) < 4.78 is 5.57. The summed E-state index contributed by atoms with van der Waals surface area (Å²) in [7, 11) is 0. The fourth-order valence-electron chi connectivity index (χ4n) is 3.14. The van der Waals surface area contributed by atoms with Gasteiger partial charge in [0.1, 0.15) is 12.4 Å². The van der Waals surface area contributed by atoms with Crippen LogP contribution in [0, 0.1) is 0 Å². The molecule has 0 unspecified atom stereocenters. The molecule has 0 aromatic heterocycles. The number of nitrogens with one attached hydrogen (secondary N) is 2. The molecule has 1 aromatic carbocycles. The van der Waals surface area contributed by atoms with Crippen molar-refractivity contribution in [2.75, 3.05) is 11.9 Å². The van der Waals surface area contributed by atoms with Crippen molar-refractivity contribution in [1.29, 1.82) is 0 Å². The predicted molar refractivity (Wildman–Crippen MR) is 132 cm³/mol. The van der Waals surface area contributed by atoms with Crippen molar-refractivity contribution in [3.05, 3.63) is 36.4 Å². The largest absolute Gasteiger partial charge is 0.489 e. The van der Waals surface area contributed by atoms with Gasteiger partial charge in [0.2, 0.25) is 5.91 Å². The van der Waals surface area contributed by atoms with Gasteiger partial charge in [-0.05, 0) is 55.4 Å². The summed E-state index contributed by atoms with van der Waals surface area (Å²) in [6.45, 7) is 8.49. The average Bonchev–Trinajstić information content (AvgIpc) is 2.71. The number of thiocarbonyl (C=S) groups is 1. The second-order valence-electron chi connectivity index (χ2n) is 8.06. The Morgan fingerprint density at radius 3 is 2.00 bits per heavy atom. The highest BCUT2D eigenvalue weighted by molar-refractivity contribution is 7.80. The molecule has 0 aliphatic rings. The van der Waals surface area contributed by atoms with Crippen LogP contribution >= 0.6 is 12.2 Å². The van der Waals surface area contributed by atoms with E-state index < -0.39 is 0 Å². The van der Waals surface area contributed by atoms with E-state index in [2.05, 4.69) is 24.1 Å². The van der Waals surface area contributed by atoms with Crippen LogP contribution in [0.25, 0.3) is 0 Å². The third-order valence-electron chi connectivity index (χ3n) is 4.86. The maximum atomic E-state index is 12.0. The van der Waals surface area contributed by atoms with E-state index in [0.717, 1.165) is 29.9 Å². The lowest BCUT2D eigenvalue weighted by molar-refractivity contribution is -0.119. The Kier molecular flexibility index (Phi) is 14.7. The number of unbranched alkanes of at least 4 members (excludes halogenated alkanes) is 10. The lowest BCUT2D eigenvalue weighted by Crippen LogP contribution is -2.33. The Hall–Kier alpha value is -1.88. The molecule has 5 heteroatoms. The number of anilines is 1. The minimum absolute atomic E-state index is 0.0233. The van der Waals surface area contributed by atoms with Gasteiger partial charge >= 0.3 is 0 Å². The number of carbonyl (C=O) groups is 1. The van der Waals surface area contributed by atoms with Gasteiger partial charge in [0.25, 0.3) is 0 Å². The standard InChI is InChI=1S/C25H40N2O2S/c1-4-5-6-7-8-9-10-11-12-13-14-15-24(28)27-25(30)26-22-16-18-23(19-17-22)29-20-21(2)3/h16-19H,2,4-15,20H2,1,3H3,(H2,26,27,28,30). The van der Waals surface area contributed by atoms with E-state index in [1.54, 1.807) is 0 Å². The maximum absolute atomic E-state index is 12.0. The van der Waals surface area contributed by atoms with E-state index in [1.807, 2.05) is 31.2 Å². The number of rotatable bonds is 16. The SMILES string of the molecule is C=C(C)COc1ccc(NC(=S)NC(=O)CCCCCCCCCCCCC)cc1. The second kappa shape index (κ2) is 16.9. The summed E-state index contributed by atoms with van der Waals surface area (Å²) >= 11 is 5.23. The third kappa shape index (κ3) is 14.2. The molecule has 0 bridgehead atoms. The van der Waals surface area contributed by atoms with Crippen LogP contribution in [0.3, 0.4) is 0 Å². The van der Waals surface area contributed by atoms with Crippen molar-refractivity contribution < 1.29 is 9.53 Å². The molecule has 168 valence electrons. The molecule has 0 saturated carbocycles. The molecule has 0 saturated heterocycles. The van der Waals surface area contributed by atoms with Gasteiger partial charge in [0.15, 0.2) is 5.11 Å². The summed E-state index contributed by atoms with van der Waals surface area (Å²) in [5.74, 6) is 0.750. The first-order valence-corrected chi connectivity index (χ1v) is 11.9. The highest BCUT2D eigenvalue weighted by atomic mass is 32.1. The van der Waals surface area contributed by atoms with Gasteiger partial charge in [-0.2, -0.15) is 0 Å². The van der Waals surface area contributed by atoms with E-state index in [0.29, 0.717) is 18.1 Å². The molecular formula is C25H40N2O2S. The van der Waals surface area contributed by atoms with Gasteiger partial charge in [0, 0.05) is 12.1 Å². The lowest BCUT2D eigenvalue weighted by atomic mass is 10.1. The Morgan fingerprint density at radius 1 is 0.933 bits per heavy atom. The number of ether oxygens (including phenoxy) is 1. The molecule has 0 radical (unpaired) electrons. The van der Waals surface area contributed by atoms with Gasteiger partial charge in [-0.15, -0.1) is 0 Å². The van der Waals surface area contributed by atoms with Crippen LogP contribution in [0.1, 0.15) is 90.9 Å². The first-order chi connectivity index (χ1) is 14.5. The fourth-order valence-corrected chi connectivity index (χ4v) is 3.37. The second-order valence-corrected chi connectivity index (χ2v) is 8.47. The molecule has 1 amide bonds. The van der Waals surface area contributed by atoms with E-state index >= 15 is 0 Å². The maximum Gasteiger partial charge on any atom is 0.226 e. The van der Waals surface area contributed by atoms with Gasteiger partial charge in [-0.3, -0.25) is 4.79 Å². The zero-order valence-corrected chi connectivity index (χ0v) is 19.8. The van der Waals surface area contributed by atoms with Crippen molar-refractivity contribution in [2.45, 2.75) is 90.9 Å². The number of carbonyl (C=O) groups excluding carboxylic acids is 1. The Labute approximate surface area is 188 Å². The molecule has 0 heterocycles. The summed E-state index contributed by atoms with van der Waals surface area (Å²) in [4.78, 5) is 12.0. The highest BCUT2D eigenvalue weighted by Gasteiger charge is 2.05. The van der Waals surface area contributed by atoms with Gasteiger partial charge < -0.3 is 15.4 Å². The number of amides is 1. The smallest absolute Gasteiger partial charge is 0.226 e. The molecule has 1 aromatic rings. The van der Waals surface area contributed by atoms with E-state index in [9.17, 15) is 4.79 Å². The molecule has 2 N–H and O–H groups in total. The predicted octanol–water partition coefficient (Wildman–Crippen LogP) is 7.16. The normalized spacial score (nSPS) is 10.5. The quantitative estimate of drug-likeness (QED) is 0.165. The van der Waals surface area contributed by atoms with E-state index in [-0.39, 0.29) is 5.91 Å². The van der Waals surface area contributed by atoms with Gasteiger partial charge in [0.05, 0.1) is 0 Å². The molecule has 0 fully saturated rings. The average molecular weight is 433 g/mol. The van der Waals surface area contributed by atoms with Gasteiger partial charge in [-0.25, -0.2) is 0 Å². The minimum Gasteiger partial charge on any atom is -0.489 e. The first kappa shape index (κ1) is 26.2. The molecule has 0 atom stereocenters. The third-order valence-corrected chi connectivity index (χ3v) is 5.06. The zero-order valence-electron chi connectivity index (χ0n) is 18.9. The topological polar surface area (TPSA) is 50.4 Å². The molecule has 0 aliphatic carbocycles.